The van der Waals surface area contributed by atoms with Crippen LogP contribution in [0.25, 0.3) is 0 Å². The van der Waals surface area contributed by atoms with E-state index >= 15 is 0 Å². The molecule has 2 aromatic rings. The first-order valence-corrected chi connectivity index (χ1v) is 4.88. The minimum atomic E-state index is 0.169. The summed E-state index contributed by atoms with van der Waals surface area (Å²) in [5, 5.41) is 26.6. The van der Waals surface area contributed by atoms with Gasteiger partial charge in [0.2, 0.25) is 0 Å². The molecular formula is C12H11ClO3. The van der Waals surface area contributed by atoms with Gasteiger partial charge in [-0.05, 0) is 48.5 Å². The first-order valence-electron chi connectivity index (χ1n) is 4.50. The maximum absolute atomic E-state index is 8.70. The van der Waals surface area contributed by atoms with Crippen molar-refractivity contribution in [2.75, 3.05) is 0 Å². The van der Waals surface area contributed by atoms with Crippen molar-refractivity contribution in [2.45, 2.75) is 0 Å². The fraction of sp³-hybridized carbons (Fsp3) is 0. The van der Waals surface area contributed by atoms with Crippen LogP contribution in [-0.2, 0) is 0 Å². The molecule has 0 saturated carbocycles. The van der Waals surface area contributed by atoms with E-state index in [4.69, 9.17) is 26.9 Å². The average Bonchev–Trinajstić information content (AvgIpc) is 2.28. The van der Waals surface area contributed by atoms with Gasteiger partial charge in [0.15, 0.2) is 0 Å². The molecule has 0 bridgehead atoms. The molecule has 0 aliphatic heterocycles. The molecule has 0 fully saturated rings. The largest absolute Gasteiger partial charge is 0.508 e. The molecule has 4 heteroatoms. The van der Waals surface area contributed by atoms with Crippen LogP contribution in [0, 0.1) is 0 Å². The number of hydrogen-bond donors (Lipinski definition) is 3. The normalized spacial score (nSPS) is 9.06. The number of phenolic OH excluding ortho intramolecular Hbond substituents is 3. The van der Waals surface area contributed by atoms with Crippen LogP contribution in [-0.4, -0.2) is 15.3 Å². The Morgan fingerprint density at radius 3 is 1.06 bits per heavy atom. The molecule has 2 aromatic carbocycles. The molecule has 84 valence electrons. The lowest BCUT2D eigenvalue weighted by molar-refractivity contribution is 0.460. The molecular weight excluding hydrogens is 228 g/mol. The Labute approximate surface area is 98.2 Å². The van der Waals surface area contributed by atoms with Gasteiger partial charge in [0.25, 0.3) is 0 Å². The highest BCUT2D eigenvalue weighted by molar-refractivity contribution is 6.30. The third-order valence-corrected chi connectivity index (χ3v) is 1.93. The van der Waals surface area contributed by atoms with E-state index in [0.717, 1.165) is 0 Å². The van der Waals surface area contributed by atoms with Gasteiger partial charge in [0.05, 0.1) is 0 Å². The van der Waals surface area contributed by atoms with Crippen LogP contribution in [0.5, 0.6) is 17.2 Å². The third kappa shape index (κ3) is 4.57. The van der Waals surface area contributed by atoms with E-state index in [1.165, 1.54) is 24.3 Å². The lowest BCUT2D eigenvalue weighted by atomic mass is 10.3. The fourth-order valence-corrected chi connectivity index (χ4v) is 1.02. The topological polar surface area (TPSA) is 60.7 Å². The van der Waals surface area contributed by atoms with E-state index in [1.807, 2.05) is 0 Å². The average molecular weight is 239 g/mol. The Hall–Kier alpha value is -1.87. The monoisotopic (exact) mass is 238 g/mol. The summed E-state index contributed by atoms with van der Waals surface area (Å²) in [5.41, 5.74) is 0. The zero-order valence-corrected chi connectivity index (χ0v) is 9.09. The molecule has 0 atom stereocenters. The fourth-order valence-electron chi connectivity index (χ4n) is 0.894. The second-order valence-electron chi connectivity index (χ2n) is 2.99. The van der Waals surface area contributed by atoms with Crippen LogP contribution in [0.1, 0.15) is 0 Å². The smallest absolute Gasteiger partial charge is 0.115 e. The van der Waals surface area contributed by atoms with Crippen molar-refractivity contribution in [3.8, 4) is 17.2 Å². The highest BCUT2D eigenvalue weighted by Gasteiger charge is 1.84. The van der Waals surface area contributed by atoms with Crippen molar-refractivity contribution in [3.63, 3.8) is 0 Å². The van der Waals surface area contributed by atoms with Gasteiger partial charge >= 0.3 is 0 Å². The maximum Gasteiger partial charge on any atom is 0.115 e. The molecule has 0 heterocycles. The Kier molecular flexibility index (Phi) is 4.48. The third-order valence-electron chi connectivity index (χ3n) is 1.68. The van der Waals surface area contributed by atoms with E-state index in [0.29, 0.717) is 5.02 Å². The van der Waals surface area contributed by atoms with Crippen molar-refractivity contribution in [1.29, 1.82) is 0 Å². The van der Waals surface area contributed by atoms with Gasteiger partial charge < -0.3 is 15.3 Å². The number of benzene rings is 2. The van der Waals surface area contributed by atoms with Crippen molar-refractivity contribution in [3.05, 3.63) is 53.6 Å². The lowest BCUT2D eigenvalue weighted by Crippen LogP contribution is -1.61. The second kappa shape index (κ2) is 5.88. The molecule has 0 unspecified atom stereocenters. The van der Waals surface area contributed by atoms with Gasteiger partial charge in [-0.15, -0.1) is 0 Å². The summed E-state index contributed by atoms with van der Waals surface area (Å²) >= 11 is 5.50. The minimum Gasteiger partial charge on any atom is -0.508 e. The van der Waals surface area contributed by atoms with Gasteiger partial charge in [0, 0.05) is 5.02 Å². The summed E-state index contributed by atoms with van der Waals surface area (Å²) in [7, 11) is 0. The first-order chi connectivity index (χ1) is 7.58. The Morgan fingerprint density at radius 2 is 0.812 bits per heavy atom. The number of halogens is 1. The van der Waals surface area contributed by atoms with E-state index in [-0.39, 0.29) is 17.2 Å². The van der Waals surface area contributed by atoms with Crippen molar-refractivity contribution >= 4 is 11.6 Å². The molecule has 2 rings (SSSR count). The summed E-state index contributed by atoms with van der Waals surface area (Å²) in [4.78, 5) is 0. The number of aromatic hydroxyl groups is 3. The van der Waals surface area contributed by atoms with Gasteiger partial charge in [0.1, 0.15) is 17.2 Å². The Bertz CT molecular complexity index is 338. The molecule has 0 saturated heterocycles. The number of phenols is 3. The summed E-state index contributed by atoms with van der Waals surface area (Å²) in [5.74, 6) is 0.583. The zero-order chi connectivity index (χ0) is 12.0. The molecule has 3 N–H and O–H groups in total. The van der Waals surface area contributed by atoms with E-state index < -0.39 is 0 Å². The van der Waals surface area contributed by atoms with Gasteiger partial charge in [-0.2, -0.15) is 0 Å². The van der Waals surface area contributed by atoms with Crippen molar-refractivity contribution < 1.29 is 15.3 Å². The number of hydrogen-bond acceptors (Lipinski definition) is 3. The molecule has 0 aromatic heterocycles. The minimum absolute atomic E-state index is 0.169. The van der Waals surface area contributed by atoms with E-state index in [9.17, 15) is 0 Å². The molecule has 16 heavy (non-hydrogen) atoms. The zero-order valence-electron chi connectivity index (χ0n) is 8.34. The van der Waals surface area contributed by atoms with Crippen LogP contribution >= 0.6 is 11.6 Å². The molecule has 3 nitrogen and oxygen atoms in total. The summed E-state index contributed by atoms with van der Waals surface area (Å²) in [6.07, 6.45) is 0. The van der Waals surface area contributed by atoms with Crippen LogP contribution in [0.4, 0.5) is 0 Å². The van der Waals surface area contributed by atoms with Crippen LogP contribution in [0.2, 0.25) is 5.02 Å². The van der Waals surface area contributed by atoms with Gasteiger partial charge in [-0.1, -0.05) is 11.6 Å². The molecule has 0 amide bonds. The SMILES string of the molecule is Oc1ccc(Cl)cc1.Oc1ccc(O)cc1. The first kappa shape index (κ1) is 12.2. The lowest BCUT2D eigenvalue weighted by Gasteiger charge is -1.88. The predicted octanol–water partition coefficient (Wildman–Crippen LogP) is 3.14. The van der Waals surface area contributed by atoms with Crippen molar-refractivity contribution in [1.82, 2.24) is 0 Å². The standard InChI is InChI=1S/C6H5ClO.C6H6O2/c7-5-1-3-6(8)4-2-5;7-5-1-2-6(8)4-3-5/h1-4,8H;1-4,7-8H. The highest BCUT2D eigenvalue weighted by atomic mass is 35.5. The summed E-state index contributed by atoms with van der Waals surface area (Å²) in [6.45, 7) is 0. The molecule has 0 radical (unpaired) electrons. The van der Waals surface area contributed by atoms with Gasteiger partial charge in [-0.25, -0.2) is 0 Å². The van der Waals surface area contributed by atoms with Crippen LogP contribution < -0.4 is 0 Å². The van der Waals surface area contributed by atoms with E-state index in [1.54, 1.807) is 24.3 Å². The van der Waals surface area contributed by atoms with E-state index in [2.05, 4.69) is 0 Å². The molecule has 0 aliphatic rings. The van der Waals surface area contributed by atoms with Crippen LogP contribution in [0.3, 0.4) is 0 Å². The molecule has 0 aliphatic carbocycles. The van der Waals surface area contributed by atoms with Crippen molar-refractivity contribution in [2.24, 2.45) is 0 Å². The van der Waals surface area contributed by atoms with Gasteiger partial charge in [-0.3, -0.25) is 0 Å². The second-order valence-corrected chi connectivity index (χ2v) is 3.43. The summed E-state index contributed by atoms with van der Waals surface area (Å²) in [6, 6.07) is 12.1. The predicted molar refractivity (Wildman–Crippen MR) is 62.9 cm³/mol. The quantitative estimate of drug-likeness (QED) is 0.618. The highest BCUT2D eigenvalue weighted by Crippen LogP contribution is 2.13. The Morgan fingerprint density at radius 1 is 0.562 bits per heavy atom. The van der Waals surface area contributed by atoms with Crippen LogP contribution in [0.15, 0.2) is 48.5 Å². The Balaban J connectivity index is 0.000000160. The molecule has 0 spiro atoms. The maximum atomic E-state index is 8.70. The summed E-state index contributed by atoms with van der Waals surface area (Å²) < 4.78 is 0. The number of rotatable bonds is 0.